The van der Waals surface area contributed by atoms with Gasteiger partial charge >= 0.3 is 0 Å². The number of ether oxygens (including phenoxy) is 1. The summed E-state index contributed by atoms with van der Waals surface area (Å²) in [5, 5.41) is 11.4. The van der Waals surface area contributed by atoms with E-state index in [2.05, 4.69) is 5.32 Å². The summed E-state index contributed by atoms with van der Waals surface area (Å²) in [7, 11) is 0. The molecule has 0 aliphatic carbocycles. The van der Waals surface area contributed by atoms with Gasteiger partial charge in [-0.25, -0.2) is 0 Å². The van der Waals surface area contributed by atoms with Crippen molar-refractivity contribution in [2.75, 3.05) is 13.3 Å². The van der Waals surface area contributed by atoms with Crippen molar-refractivity contribution in [3.8, 4) is 0 Å². The second-order valence-corrected chi connectivity index (χ2v) is 1.66. The fourth-order valence-corrected chi connectivity index (χ4v) is 0.610. The quantitative estimate of drug-likeness (QED) is 0.496. The number of hydrogen-bond donors (Lipinski definition) is 2. The van der Waals surface area contributed by atoms with Gasteiger partial charge in [-0.2, -0.15) is 0 Å². The van der Waals surface area contributed by atoms with E-state index in [1.165, 1.54) is 0 Å². The molecule has 3 nitrogen and oxygen atoms in total. The van der Waals surface area contributed by atoms with E-state index in [0.717, 1.165) is 11.5 Å². The summed E-state index contributed by atoms with van der Waals surface area (Å²) in [4.78, 5) is 0. The Morgan fingerprint density at radius 1 is 1.88 bits per heavy atom. The second kappa shape index (κ2) is 2.05. The predicted molar refractivity (Wildman–Crippen MR) is 28.9 cm³/mol. The minimum atomic E-state index is 0.0475. The van der Waals surface area contributed by atoms with E-state index >= 15 is 0 Å². The Kier molecular flexibility index (Phi) is 1.39. The van der Waals surface area contributed by atoms with Crippen molar-refractivity contribution in [3.63, 3.8) is 0 Å². The molecule has 0 aromatic carbocycles. The first kappa shape index (κ1) is 5.44. The molecule has 0 fully saturated rings. The van der Waals surface area contributed by atoms with Crippen molar-refractivity contribution >= 4 is 0 Å². The molecule has 46 valence electrons. The van der Waals surface area contributed by atoms with Gasteiger partial charge < -0.3 is 15.2 Å². The van der Waals surface area contributed by atoms with Crippen molar-refractivity contribution < 1.29 is 9.84 Å². The van der Waals surface area contributed by atoms with Gasteiger partial charge in [0.05, 0.1) is 12.3 Å². The number of nitrogens with one attached hydrogen (secondary N) is 1. The van der Waals surface area contributed by atoms with E-state index in [1.807, 2.05) is 6.92 Å². The molecular weight excluding hydrogens is 106 g/mol. The van der Waals surface area contributed by atoms with Crippen LogP contribution in [0.2, 0.25) is 0 Å². The van der Waals surface area contributed by atoms with Crippen LogP contribution in [0.25, 0.3) is 0 Å². The maximum Gasteiger partial charge on any atom is 0.158 e. The summed E-state index contributed by atoms with van der Waals surface area (Å²) in [6, 6.07) is 0. The first-order valence-electron chi connectivity index (χ1n) is 2.52. The van der Waals surface area contributed by atoms with E-state index in [1.54, 1.807) is 0 Å². The number of hydrogen-bond acceptors (Lipinski definition) is 3. The van der Waals surface area contributed by atoms with Crippen LogP contribution in [0.3, 0.4) is 0 Å². The van der Waals surface area contributed by atoms with E-state index in [-0.39, 0.29) is 6.61 Å². The van der Waals surface area contributed by atoms with E-state index in [4.69, 9.17) is 9.84 Å². The molecule has 0 saturated carbocycles. The SMILES string of the molecule is CC1=C(CO)NCO1. The molecule has 0 aromatic heterocycles. The highest BCUT2D eigenvalue weighted by Crippen LogP contribution is 2.06. The first-order valence-corrected chi connectivity index (χ1v) is 2.52. The van der Waals surface area contributed by atoms with Gasteiger partial charge in [0.2, 0.25) is 0 Å². The molecule has 0 atom stereocenters. The van der Waals surface area contributed by atoms with Crippen LogP contribution in [-0.2, 0) is 4.74 Å². The fraction of sp³-hybridized carbons (Fsp3) is 0.600. The van der Waals surface area contributed by atoms with Crippen molar-refractivity contribution in [2.24, 2.45) is 0 Å². The van der Waals surface area contributed by atoms with Crippen LogP contribution < -0.4 is 5.32 Å². The zero-order valence-electron chi connectivity index (χ0n) is 4.77. The minimum Gasteiger partial charge on any atom is -0.476 e. The predicted octanol–water partition coefficient (Wildman–Crippen LogP) is -0.213. The van der Waals surface area contributed by atoms with Crippen LogP contribution in [-0.4, -0.2) is 18.4 Å². The third-order valence-electron chi connectivity index (χ3n) is 1.16. The molecule has 8 heavy (non-hydrogen) atoms. The summed E-state index contributed by atoms with van der Waals surface area (Å²) < 4.78 is 4.96. The molecule has 0 radical (unpaired) electrons. The Bertz CT molecular complexity index is 120. The Morgan fingerprint density at radius 2 is 2.62 bits per heavy atom. The standard InChI is InChI=1S/C5H9NO2/c1-4-5(2-7)6-3-8-4/h6-7H,2-3H2,1H3. The molecule has 0 bridgehead atoms. The summed E-state index contributed by atoms with van der Waals surface area (Å²) in [6.45, 7) is 2.37. The average Bonchev–Trinajstić information content (AvgIpc) is 2.14. The van der Waals surface area contributed by atoms with Crippen LogP contribution in [0.15, 0.2) is 11.5 Å². The third kappa shape index (κ3) is 0.767. The number of aliphatic hydroxyl groups is 1. The van der Waals surface area contributed by atoms with Gasteiger partial charge in [-0.1, -0.05) is 0 Å². The lowest BCUT2D eigenvalue weighted by Gasteiger charge is -1.92. The number of rotatable bonds is 1. The normalized spacial score (nSPS) is 18.2. The summed E-state index contributed by atoms with van der Waals surface area (Å²) in [6.07, 6.45) is 0. The van der Waals surface area contributed by atoms with Crippen molar-refractivity contribution in [1.29, 1.82) is 0 Å². The van der Waals surface area contributed by atoms with Gasteiger partial charge in [-0.3, -0.25) is 0 Å². The highest BCUT2D eigenvalue weighted by Gasteiger charge is 2.07. The van der Waals surface area contributed by atoms with Gasteiger partial charge in [0.25, 0.3) is 0 Å². The van der Waals surface area contributed by atoms with Crippen LogP contribution >= 0.6 is 0 Å². The van der Waals surface area contributed by atoms with Crippen molar-refractivity contribution in [3.05, 3.63) is 11.5 Å². The molecule has 1 rings (SSSR count). The zero-order valence-corrected chi connectivity index (χ0v) is 4.77. The van der Waals surface area contributed by atoms with Crippen molar-refractivity contribution in [1.82, 2.24) is 5.32 Å². The first-order chi connectivity index (χ1) is 3.84. The van der Waals surface area contributed by atoms with Gasteiger partial charge in [-0.15, -0.1) is 0 Å². The van der Waals surface area contributed by atoms with E-state index < -0.39 is 0 Å². The second-order valence-electron chi connectivity index (χ2n) is 1.66. The molecule has 0 spiro atoms. The third-order valence-corrected chi connectivity index (χ3v) is 1.16. The summed E-state index contributed by atoms with van der Waals surface area (Å²) in [5.74, 6) is 0.799. The Morgan fingerprint density at radius 3 is 2.88 bits per heavy atom. The lowest BCUT2D eigenvalue weighted by molar-refractivity contribution is 0.234. The largest absolute Gasteiger partial charge is 0.476 e. The number of aliphatic hydroxyl groups excluding tert-OH is 1. The molecule has 1 aliphatic rings. The highest BCUT2D eigenvalue weighted by molar-refractivity contribution is 5.07. The highest BCUT2D eigenvalue weighted by atomic mass is 16.5. The van der Waals surface area contributed by atoms with E-state index in [0.29, 0.717) is 6.73 Å². The molecule has 0 aromatic rings. The Hall–Kier alpha value is -0.700. The maximum absolute atomic E-state index is 8.54. The molecule has 0 saturated heterocycles. The molecule has 1 heterocycles. The minimum absolute atomic E-state index is 0.0475. The lowest BCUT2D eigenvalue weighted by atomic mass is 10.4. The van der Waals surface area contributed by atoms with Gasteiger partial charge in [0.15, 0.2) is 6.73 Å². The van der Waals surface area contributed by atoms with E-state index in [9.17, 15) is 0 Å². The molecule has 2 N–H and O–H groups in total. The molecular formula is C5H9NO2. The molecule has 1 aliphatic heterocycles. The maximum atomic E-state index is 8.54. The fourth-order valence-electron chi connectivity index (χ4n) is 0.610. The van der Waals surface area contributed by atoms with Crippen LogP contribution in [0.5, 0.6) is 0 Å². The number of allylic oxidation sites excluding steroid dienone is 1. The monoisotopic (exact) mass is 115 g/mol. The summed E-state index contributed by atoms with van der Waals surface area (Å²) in [5.41, 5.74) is 0.796. The molecule has 3 heteroatoms. The topological polar surface area (TPSA) is 41.5 Å². The van der Waals surface area contributed by atoms with Gasteiger partial charge in [-0.05, 0) is 6.92 Å². The Labute approximate surface area is 48.0 Å². The van der Waals surface area contributed by atoms with Crippen LogP contribution in [0, 0.1) is 0 Å². The van der Waals surface area contributed by atoms with Gasteiger partial charge in [0.1, 0.15) is 5.76 Å². The summed E-state index contributed by atoms with van der Waals surface area (Å²) >= 11 is 0. The zero-order chi connectivity index (χ0) is 5.98. The van der Waals surface area contributed by atoms with Crippen LogP contribution in [0.4, 0.5) is 0 Å². The molecule has 0 unspecified atom stereocenters. The average molecular weight is 115 g/mol. The molecule has 0 amide bonds. The smallest absolute Gasteiger partial charge is 0.158 e. The Balaban J connectivity index is 2.58. The van der Waals surface area contributed by atoms with Crippen molar-refractivity contribution in [2.45, 2.75) is 6.92 Å². The van der Waals surface area contributed by atoms with Gasteiger partial charge in [0, 0.05) is 0 Å². The van der Waals surface area contributed by atoms with Crippen LogP contribution in [0.1, 0.15) is 6.92 Å². The lowest BCUT2D eigenvalue weighted by Crippen LogP contribution is -2.10.